The third kappa shape index (κ3) is 9.97. The van der Waals surface area contributed by atoms with Gasteiger partial charge in [-0.3, -0.25) is 4.79 Å². The fourth-order valence-electron chi connectivity index (χ4n) is 1.14. The number of ether oxygens (including phenoxy) is 1. The van der Waals surface area contributed by atoms with Gasteiger partial charge < -0.3 is 16.2 Å². The number of carbonyl (C=O) groups excluding carboxylic acids is 1. The first-order valence-electron chi connectivity index (χ1n) is 5.08. The van der Waals surface area contributed by atoms with Crippen LogP contribution in [-0.2, 0) is 9.53 Å². The summed E-state index contributed by atoms with van der Waals surface area (Å²) in [6.07, 6.45) is 2.35. The first-order chi connectivity index (χ1) is 6.37. The fraction of sp³-hybridized carbons (Fsp3) is 0.900. The molecule has 0 saturated heterocycles. The first kappa shape index (κ1) is 17.1. The Labute approximate surface area is 98.1 Å². The number of hydrogen-bond donors (Lipinski definition) is 2. The van der Waals surface area contributed by atoms with Gasteiger partial charge in [0.25, 0.3) is 0 Å². The van der Waals surface area contributed by atoms with Crippen molar-refractivity contribution in [1.82, 2.24) is 0 Å². The van der Waals surface area contributed by atoms with E-state index in [9.17, 15) is 4.79 Å². The summed E-state index contributed by atoms with van der Waals surface area (Å²) >= 11 is 0. The zero-order valence-corrected chi connectivity index (χ0v) is 10.6. The Morgan fingerprint density at radius 3 is 2.40 bits per heavy atom. The molecule has 5 heteroatoms. The monoisotopic (exact) mass is 238 g/mol. The number of hydrogen-bond acceptors (Lipinski definition) is 4. The number of nitrogens with two attached hydrogens (primary N) is 2. The largest absolute Gasteiger partial charge is 0.465 e. The lowest BCUT2D eigenvalue weighted by Crippen LogP contribution is -2.35. The smallest absolute Gasteiger partial charge is 0.322 e. The summed E-state index contributed by atoms with van der Waals surface area (Å²) in [5.74, 6) is -0.317. The molecule has 0 rings (SSSR count). The van der Waals surface area contributed by atoms with Gasteiger partial charge in [-0.05, 0) is 40.0 Å². The lowest BCUT2D eigenvalue weighted by Gasteiger charge is -2.18. The van der Waals surface area contributed by atoms with Gasteiger partial charge in [0.15, 0.2) is 0 Å². The van der Waals surface area contributed by atoms with Crippen LogP contribution in [0.5, 0.6) is 0 Å². The standard InChI is InChI=1S/C10H22N2O2.ClH/c1-4-14-9(13)8(11)6-5-7-10(2,3)12;/h8H,4-7,11-12H2,1-3H3;1H. The summed E-state index contributed by atoms with van der Waals surface area (Å²) in [5.41, 5.74) is 11.2. The highest BCUT2D eigenvalue weighted by Gasteiger charge is 2.16. The predicted octanol–water partition coefficient (Wildman–Crippen LogP) is 1.21. The fourth-order valence-corrected chi connectivity index (χ4v) is 1.14. The minimum atomic E-state index is -0.503. The van der Waals surface area contributed by atoms with Crippen molar-refractivity contribution in [3.05, 3.63) is 0 Å². The Kier molecular flexibility index (Phi) is 9.01. The number of halogens is 1. The molecule has 0 fully saturated rings. The van der Waals surface area contributed by atoms with Crippen molar-refractivity contribution in [3.8, 4) is 0 Å². The van der Waals surface area contributed by atoms with Gasteiger partial charge in [-0.25, -0.2) is 0 Å². The summed E-state index contributed by atoms with van der Waals surface area (Å²) in [4.78, 5) is 11.1. The minimum Gasteiger partial charge on any atom is -0.465 e. The normalized spacial score (nSPS) is 12.9. The van der Waals surface area contributed by atoms with Crippen LogP contribution in [0.15, 0.2) is 0 Å². The first-order valence-corrected chi connectivity index (χ1v) is 5.08. The van der Waals surface area contributed by atoms with Crippen molar-refractivity contribution in [3.63, 3.8) is 0 Å². The zero-order valence-electron chi connectivity index (χ0n) is 9.79. The summed E-state index contributed by atoms with van der Waals surface area (Å²) in [7, 11) is 0. The molecule has 0 aliphatic rings. The number of carbonyl (C=O) groups is 1. The molecule has 92 valence electrons. The van der Waals surface area contributed by atoms with Gasteiger partial charge in [-0.15, -0.1) is 12.4 Å². The molecule has 15 heavy (non-hydrogen) atoms. The molecular formula is C10H23ClN2O2. The molecule has 0 radical (unpaired) electrons. The molecule has 0 spiro atoms. The maximum atomic E-state index is 11.1. The summed E-state index contributed by atoms with van der Waals surface area (Å²) in [5, 5.41) is 0. The lowest BCUT2D eigenvalue weighted by molar-refractivity contribution is -0.144. The van der Waals surface area contributed by atoms with E-state index >= 15 is 0 Å². The topological polar surface area (TPSA) is 78.3 Å². The molecule has 0 aliphatic carbocycles. The highest BCUT2D eigenvalue weighted by atomic mass is 35.5. The minimum absolute atomic E-state index is 0. The average molecular weight is 239 g/mol. The summed E-state index contributed by atoms with van der Waals surface area (Å²) in [6, 6.07) is -0.503. The Morgan fingerprint density at radius 1 is 1.47 bits per heavy atom. The highest BCUT2D eigenvalue weighted by Crippen LogP contribution is 2.10. The second-order valence-corrected chi connectivity index (χ2v) is 4.24. The number of esters is 1. The molecule has 1 unspecified atom stereocenters. The van der Waals surface area contributed by atoms with E-state index in [1.165, 1.54) is 0 Å². The highest BCUT2D eigenvalue weighted by molar-refractivity contribution is 5.85. The van der Waals surface area contributed by atoms with Gasteiger partial charge >= 0.3 is 5.97 Å². The molecule has 0 aliphatic heterocycles. The van der Waals surface area contributed by atoms with Gasteiger partial charge in [0.1, 0.15) is 6.04 Å². The van der Waals surface area contributed by atoms with Crippen molar-refractivity contribution in [1.29, 1.82) is 0 Å². The molecule has 0 saturated carbocycles. The number of rotatable bonds is 6. The van der Waals surface area contributed by atoms with E-state index in [0.717, 1.165) is 12.8 Å². The maximum Gasteiger partial charge on any atom is 0.322 e. The molecule has 4 N–H and O–H groups in total. The van der Waals surface area contributed by atoms with Gasteiger partial charge in [0.2, 0.25) is 0 Å². The van der Waals surface area contributed by atoms with Crippen molar-refractivity contribution in [2.24, 2.45) is 11.5 Å². The quantitative estimate of drug-likeness (QED) is 0.682. The van der Waals surface area contributed by atoms with E-state index in [1.54, 1.807) is 6.92 Å². The second kappa shape index (κ2) is 7.91. The van der Waals surface area contributed by atoms with E-state index in [4.69, 9.17) is 16.2 Å². The molecule has 0 amide bonds. The molecular weight excluding hydrogens is 216 g/mol. The third-order valence-corrected chi connectivity index (χ3v) is 1.93. The van der Waals surface area contributed by atoms with Crippen LogP contribution < -0.4 is 11.5 Å². The van der Waals surface area contributed by atoms with E-state index in [2.05, 4.69) is 0 Å². The van der Waals surface area contributed by atoms with Gasteiger partial charge in [-0.2, -0.15) is 0 Å². The Bertz CT molecular complexity index is 181. The van der Waals surface area contributed by atoms with Crippen LogP contribution in [0.4, 0.5) is 0 Å². The van der Waals surface area contributed by atoms with E-state index in [1.807, 2.05) is 13.8 Å². The van der Waals surface area contributed by atoms with E-state index < -0.39 is 6.04 Å². The molecule has 0 bridgehead atoms. The molecule has 0 aromatic rings. The molecule has 0 heterocycles. The summed E-state index contributed by atoms with van der Waals surface area (Å²) < 4.78 is 4.79. The van der Waals surface area contributed by atoms with Crippen molar-refractivity contribution in [2.75, 3.05) is 6.61 Å². The Hall–Kier alpha value is -0.320. The van der Waals surface area contributed by atoms with Gasteiger partial charge in [0, 0.05) is 5.54 Å². The molecule has 4 nitrogen and oxygen atoms in total. The Balaban J connectivity index is 0. The zero-order chi connectivity index (χ0) is 11.2. The van der Waals surface area contributed by atoms with Crippen LogP contribution in [0, 0.1) is 0 Å². The van der Waals surface area contributed by atoms with Crippen LogP contribution in [0.3, 0.4) is 0 Å². The van der Waals surface area contributed by atoms with Crippen LogP contribution >= 0.6 is 12.4 Å². The molecule has 0 aromatic heterocycles. The SMILES string of the molecule is CCOC(=O)C(N)CCCC(C)(C)N.Cl. The van der Waals surface area contributed by atoms with Gasteiger partial charge in [0.05, 0.1) is 6.61 Å². The second-order valence-electron chi connectivity index (χ2n) is 4.24. The van der Waals surface area contributed by atoms with Crippen LogP contribution in [-0.4, -0.2) is 24.2 Å². The van der Waals surface area contributed by atoms with Crippen LogP contribution in [0.25, 0.3) is 0 Å². The summed E-state index contributed by atoms with van der Waals surface area (Å²) in [6.45, 7) is 6.08. The van der Waals surface area contributed by atoms with Crippen molar-refractivity contribution >= 4 is 18.4 Å². The van der Waals surface area contributed by atoms with E-state index in [-0.39, 0.29) is 23.9 Å². The third-order valence-electron chi connectivity index (χ3n) is 1.93. The van der Waals surface area contributed by atoms with Crippen molar-refractivity contribution < 1.29 is 9.53 Å². The van der Waals surface area contributed by atoms with Gasteiger partial charge in [-0.1, -0.05) is 0 Å². The molecule has 0 aromatic carbocycles. The lowest BCUT2D eigenvalue weighted by atomic mass is 9.97. The Morgan fingerprint density at radius 2 is 2.00 bits per heavy atom. The average Bonchev–Trinajstić information content (AvgIpc) is 2.02. The molecule has 1 atom stereocenters. The van der Waals surface area contributed by atoms with Crippen molar-refractivity contribution in [2.45, 2.75) is 51.6 Å². The van der Waals surface area contributed by atoms with Crippen LogP contribution in [0.2, 0.25) is 0 Å². The predicted molar refractivity (Wildman–Crippen MR) is 64.0 cm³/mol. The van der Waals surface area contributed by atoms with Crippen LogP contribution in [0.1, 0.15) is 40.0 Å². The van der Waals surface area contributed by atoms with E-state index in [0.29, 0.717) is 13.0 Å². The maximum absolute atomic E-state index is 11.1.